The van der Waals surface area contributed by atoms with Crippen molar-refractivity contribution < 1.29 is 9.63 Å². The van der Waals surface area contributed by atoms with E-state index in [9.17, 15) is 4.79 Å². The summed E-state index contributed by atoms with van der Waals surface area (Å²) in [5.74, 6) is -0.155. The largest absolute Gasteiger partial charge is 0.277 e. The lowest BCUT2D eigenvalue weighted by atomic mass is 10.0. The zero-order valence-electron chi connectivity index (χ0n) is 11.4. The van der Waals surface area contributed by atoms with Gasteiger partial charge in [0, 0.05) is 12.6 Å². The van der Waals surface area contributed by atoms with E-state index in [2.05, 4.69) is 31.2 Å². The molecule has 0 spiro atoms. The van der Waals surface area contributed by atoms with Crippen molar-refractivity contribution in [3.05, 3.63) is 59.7 Å². The van der Waals surface area contributed by atoms with Gasteiger partial charge in [-0.15, -0.1) is 0 Å². The van der Waals surface area contributed by atoms with Crippen LogP contribution in [-0.2, 0) is 4.84 Å². The van der Waals surface area contributed by atoms with Crippen LogP contribution in [0.5, 0.6) is 0 Å². The van der Waals surface area contributed by atoms with Gasteiger partial charge in [0.05, 0.1) is 7.11 Å². The molecular formula is C16H17NO2. The highest BCUT2D eigenvalue weighted by molar-refractivity contribution is 5.93. The van der Waals surface area contributed by atoms with Crippen LogP contribution in [0.4, 0.5) is 0 Å². The van der Waals surface area contributed by atoms with E-state index in [1.54, 1.807) is 7.05 Å². The van der Waals surface area contributed by atoms with Crippen molar-refractivity contribution in [3.8, 4) is 11.1 Å². The normalized spacial score (nSPS) is 10.3. The minimum atomic E-state index is -0.155. The van der Waals surface area contributed by atoms with E-state index < -0.39 is 0 Å². The lowest BCUT2D eigenvalue weighted by Crippen LogP contribution is -2.25. The first-order valence-corrected chi connectivity index (χ1v) is 6.11. The Morgan fingerprint density at radius 2 is 1.42 bits per heavy atom. The molecule has 0 aliphatic carbocycles. The smallest absolute Gasteiger partial charge is 0.274 e. The molecule has 0 fully saturated rings. The van der Waals surface area contributed by atoms with E-state index in [0.717, 1.165) is 11.1 Å². The molecule has 0 heterocycles. The van der Waals surface area contributed by atoms with Crippen LogP contribution in [0.25, 0.3) is 11.1 Å². The van der Waals surface area contributed by atoms with Crippen molar-refractivity contribution in [2.75, 3.05) is 14.2 Å². The van der Waals surface area contributed by atoms with E-state index in [-0.39, 0.29) is 5.91 Å². The fraction of sp³-hybridized carbons (Fsp3) is 0.188. The fourth-order valence-electron chi connectivity index (χ4n) is 1.82. The number of carbonyl (C=O) groups excluding carboxylic acids is 1. The summed E-state index contributed by atoms with van der Waals surface area (Å²) < 4.78 is 0. The summed E-state index contributed by atoms with van der Waals surface area (Å²) in [5.41, 5.74) is 4.08. The molecule has 1 amide bonds. The Morgan fingerprint density at radius 3 is 1.89 bits per heavy atom. The maximum Gasteiger partial charge on any atom is 0.277 e. The van der Waals surface area contributed by atoms with Gasteiger partial charge in [0.2, 0.25) is 0 Å². The molecule has 3 nitrogen and oxygen atoms in total. The Morgan fingerprint density at radius 1 is 0.947 bits per heavy atom. The molecule has 0 N–H and O–H groups in total. The Bertz CT molecular complexity index is 558. The van der Waals surface area contributed by atoms with Gasteiger partial charge in [-0.25, -0.2) is 5.06 Å². The average Bonchev–Trinajstić information content (AvgIpc) is 2.46. The summed E-state index contributed by atoms with van der Waals surface area (Å²) in [7, 11) is 3.06. The van der Waals surface area contributed by atoms with Crippen molar-refractivity contribution >= 4 is 5.91 Å². The summed E-state index contributed by atoms with van der Waals surface area (Å²) in [5, 5.41) is 1.21. The number of hydroxylamine groups is 2. The number of aryl methyl sites for hydroxylation is 1. The number of amides is 1. The molecule has 0 aliphatic rings. The second kappa shape index (κ2) is 5.67. The van der Waals surface area contributed by atoms with E-state index in [4.69, 9.17) is 4.84 Å². The fourth-order valence-corrected chi connectivity index (χ4v) is 1.82. The number of benzene rings is 2. The summed E-state index contributed by atoms with van der Waals surface area (Å²) >= 11 is 0. The van der Waals surface area contributed by atoms with Gasteiger partial charge < -0.3 is 0 Å². The Balaban J connectivity index is 2.23. The van der Waals surface area contributed by atoms with Gasteiger partial charge in [-0.2, -0.15) is 0 Å². The third-order valence-electron chi connectivity index (χ3n) is 3.08. The molecule has 19 heavy (non-hydrogen) atoms. The molecule has 2 rings (SSSR count). The average molecular weight is 255 g/mol. The first-order valence-electron chi connectivity index (χ1n) is 6.11. The highest BCUT2D eigenvalue weighted by Crippen LogP contribution is 2.20. The zero-order chi connectivity index (χ0) is 13.8. The number of nitrogens with zero attached hydrogens (tertiary/aromatic N) is 1. The Labute approximate surface area is 113 Å². The van der Waals surface area contributed by atoms with Crippen molar-refractivity contribution in [2.24, 2.45) is 0 Å². The minimum absolute atomic E-state index is 0.155. The number of rotatable bonds is 3. The number of hydrogen-bond donors (Lipinski definition) is 0. The van der Waals surface area contributed by atoms with Crippen molar-refractivity contribution in [1.29, 1.82) is 0 Å². The Hall–Kier alpha value is -2.13. The molecule has 2 aromatic rings. The molecule has 0 bridgehead atoms. The van der Waals surface area contributed by atoms with Gasteiger partial charge in [-0.3, -0.25) is 9.63 Å². The number of hydrogen-bond acceptors (Lipinski definition) is 2. The van der Waals surface area contributed by atoms with Crippen LogP contribution in [0, 0.1) is 6.92 Å². The molecule has 98 valence electrons. The van der Waals surface area contributed by atoms with E-state index in [0.29, 0.717) is 5.56 Å². The molecular weight excluding hydrogens is 238 g/mol. The van der Waals surface area contributed by atoms with Gasteiger partial charge in [0.15, 0.2) is 0 Å². The highest BCUT2D eigenvalue weighted by Gasteiger charge is 2.10. The first-order chi connectivity index (χ1) is 9.11. The first kappa shape index (κ1) is 13.3. The lowest BCUT2D eigenvalue weighted by Gasteiger charge is -2.13. The minimum Gasteiger partial charge on any atom is -0.274 e. The molecule has 0 atom stereocenters. The molecule has 3 heteroatoms. The molecule has 0 saturated carbocycles. The molecule has 0 aromatic heterocycles. The van der Waals surface area contributed by atoms with Gasteiger partial charge in [0.1, 0.15) is 0 Å². The summed E-state index contributed by atoms with van der Waals surface area (Å²) in [6.07, 6.45) is 0. The predicted octanol–water partition coefficient (Wildman–Crippen LogP) is 3.30. The van der Waals surface area contributed by atoms with Gasteiger partial charge in [0.25, 0.3) is 5.91 Å². The molecule has 0 aliphatic heterocycles. The van der Waals surface area contributed by atoms with Crippen LogP contribution in [-0.4, -0.2) is 25.1 Å². The highest BCUT2D eigenvalue weighted by atomic mass is 16.7. The van der Waals surface area contributed by atoms with Crippen LogP contribution in [0.2, 0.25) is 0 Å². The maximum atomic E-state index is 11.9. The zero-order valence-corrected chi connectivity index (χ0v) is 11.4. The van der Waals surface area contributed by atoms with Crippen LogP contribution in [0.1, 0.15) is 15.9 Å². The van der Waals surface area contributed by atoms with Crippen LogP contribution in [0.3, 0.4) is 0 Å². The van der Waals surface area contributed by atoms with Crippen LogP contribution < -0.4 is 0 Å². The SMILES string of the molecule is CON(C)C(=O)c1ccc(-c2ccc(C)cc2)cc1. The topological polar surface area (TPSA) is 29.5 Å². The van der Waals surface area contributed by atoms with Crippen molar-refractivity contribution in [1.82, 2.24) is 5.06 Å². The standard InChI is InChI=1S/C16H17NO2/c1-12-4-6-13(7-5-12)14-8-10-15(11-9-14)16(18)17(2)19-3/h4-11H,1-3H3. The molecule has 0 unspecified atom stereocenters. The summed E-state index contributed by atoms with van der Waals surface area (Å²) in [6.45, 7) is 2.06. The van der Waals surface area contributed by atoms with Crippen LogP contribution >= 0.6 is 0 Å². The van der Waals surface area contributed by atoms with E-state index in [1.807, 2.05) is 24.3 Å². The third kappa shape index (κ3) is 3.01. The molecule has 2 aromatic carbocycles. The van der Waals surface area contributed by atoms with Gasteiger partial charge in [-0.1, -0.05) is 42.0 Å². The van der Waals surface area contributed by atoms with Gasteiger partial charge >= 0.3 is 0 Å². The maximum absolute atomic E-state index is 11.9. The lowest BCUT2D eigenvalue weighted by molar-refractivity contribution is -0.0756. The Kier molecular flexibility index (Phi) is 3.97. The van der Waals surface area contributed by atoms with E-state index in [1.165, 1.54) is 17.7 Å². The van der Waals surface area contributed by atoms with Crippen LogP contribution in [0.15, 0.2) is 48.5 Å². The molecule has 0 saturated heterocycles. The molecule has 0 radical (unpaired) electrons. The summed E-state index contributed by atoms with van der Waals surface area (Å²) in [6, 6.07) is 15.8. The second-order valence-corrected chi connectivity index (χ2v) is 4.43. The van der Waals surface area contributed by atoms with E-state index >= 15 is 0 Å². The van der Waals surface area contributed by atoms with Gasteiger partial charge in [-0.05, 0) is 30.2 Å². The predicted molar refractivity (Wildman–Crippen MR) is 75.7 cm³/mol. The monoisotopic (exact) mass is 255 g/mol. The summed E-state index contributed by atoms with van der Waals surface area (Å²) in [4.78, 5) is 16.7. The third-order valence-corrected chi connectivity index (χ3v) is 3.08. The number of carbonyl (C=O) groups is 1. The van der Waals surface area contributed by atoms with Crippen molar-refractivity contribution in [3.63, 3.8) is 0 Å². The van der Waals surface area contributed by atoms with Crippen molar-refractivity contribution in [2.45, 2.75) is 6.92 Å². The second-order valence-electron chi connectivity index (χ2n) is 4.43. The quantitative estimate of drug-likeness (QED) is 0.788.